The summed E-state index contributed by atoms with van der Waals surface area (Å²) in [5, 5.41) is 0. The zero-order chi connectivity index (χ0) is 13.6. The maximum Gasteiger partial charge on any atom is 0.422 e. The highest BCUT2D eigenvalue weighted by Gasteiger charge is 2.15. The molecule has 1 heterocycles. The third kappa shape index (κ3) is 5.72. The maximum atomic E-state index is 11.4. The lowest BCUT2D eigenvalue weighted by Gasteiger charge is -2.19. The van der Waals surface area contributed by atoms with Gasteiger partial charge in [0, 0.05) is 25.5 Å². The molecule has 0 spiro atoms. The Balaban J connectivity index is 2.26. The summed E-state index contributed by atoms with van der Waals surface area (Å²) in [4.78, 5) is 11.4. The largest absolute Gasteiger partial charge is 0.443 e. The van der Waals surface area contributed by atoms with Gasteiger partial charge in [0.15, 0.2) is 0 Å². The fraction of sp³-hybridized carbons (Fsp3) is 0.615. The van der Waals surface area contributed by atoms with Crippen LogP contribution in [0.5, 0.6) is 0 Å². The number of nitrogens with zero attached hydrogens (tertiary/aromatic N) is 1. The van der Waals surface area contributed by atoms with Crippen LogP contribution < -0.4 is 10.9 Å². The van der Waals surface area contributed by atoms with Crippen LogP contribution in [0.2, 0.25) is 0 Å². The minimum atomic E-state index is -0.476. The Kier molecular flexibility index (Phi) is 5.22. The first kappa shape index (κ1) is 14.6. The Morgan fingerprint density at radius 1 is 1.44 bits per heavy atom. The fourth-order valence-electron chi connectivity index (χ4n) is 1.51. The molecule has 1 amide bonds. The molecule has 0 aromatic carbocycles. The van der Waals surface area contributed by atoms with E-state index in [0.29, 0.717) is 6.54 Å². The number of aryl methyl sites for hydroxylation is 1. The van der Waals surface area contributed by atoms with Gasteiger partial charge in [0.25, 0.3) is 0 Å². The third-order valence-corrected chi connectivity index (χ3v) is 2.18. The molecule has 0 atom stereocenters. The summed E-state index contributed by atoms with van der Waals surface area (Å²) >= 11 is 0. The summed E-state index contributed by atoms with van der Waals surface area (Å²) in [6, 6.07) is 2.03. The van der Waals surface area contributed by atoms with E-state index in [9.17, 15) is 4.79 Å². The van der Waals surface area contributed by atoms with Crippen molar-refractivity contribution in [1.82, 2.24) is 15.4 Å². The van der Waals surface area contributed by atoms with Gasteiger partial charge in [-0.3, -0.25) is 5.43 Å². The summed E-state index contributed by atoms with van der Waals surface area (Å²) in [5.74, 6) is 0. The highest BCUT2D eigenvalue weighted by Crippen LogP contribution is 2.06. The van der Waals surface area contributed by atoms with Gasteiger partial charge in [-0.05, 0) is 38.8 Å². The van der Waals surface area contributed by atoms with E-state index in [2.05, 4.69) is 28.5 Å². The minimum absolute atomic E-state index is 0.463. The first-order valence-electron chi connectivity index (χ1n) is 6.27. The predicted octanol–water partition coefficient (Wildman–Crippen LogP) is 2.43. The number of hydrogen-bond acceptors (Lipinski definition) is 3. The van der Waals surface area contributed by atoms with Gasteiger partial charge < -0.3 is 9.30 Å². The number of rotatable bonds is 5. The zero-order valence-corrected chi connectivity index (χ0v) is 11.6. The molecule has 0 aliphatic heterocycles. The van der Waals surface area contributed by atoms with Crippen LogP contribution >= 0.6 is 0 Å². The lowest BCUT2D eigenvalue weighted by atomic mass is 10.2. The van der Waals surface area contributed by atoms with Crippen LogP contribution in [-0.2, 0) is 17.8 Å². The number of nitrogens with one attached hydrogen (secondary N) is 2. The first-order chi connectivity index (χ1) is 8.40. The number of hydrazine groups is 1. The van der Waals surface area contributed by atoms with E-state index >= 15 is 0 Å². The van der Waals surface area contributed by atoms with E-state index in [1.165, 1.54) is 0 Å². The van der Waals surface area contributed by atoms with Gasteiger partial charge >= 0.3 is 6.09 Å². The quantitative estimate of drug-likeness (QED) is 0.792. The standard InChI is InChI=1S/C13H23N3O2/c1-5-7-16-8-6-11(10-16)9-14-15-12(17)18-13(2,3)4/h6,8,10,14H,5,7,9H2,1-4H3,(H,15,17). The molecule has 0 unspecified atom stereocenters. The minimum Gasteiger partial charge on any atom is -0.443 e. The van der Waals surface area contributed by atoms with Crippen LogP contribution in [0.1, 0.15) is 39.7 Å². The molecule has 0 fully saturated rings. The molecule has 18 heavy (non-hydrogen) atoms. The Morgan fingerprint density at radius 2 is 2.17 bits per heavy atom. The van der Waals surface area contributed by atoms with E-state index in [1.54, 1.807) is 0 Å². The number of carbonyl (C=O) groups is 1. The fourth-order valence-corrected chi connectivity index (χ4v) is 1.51. The van der Waals surface area contributed by atoms with Crippen LogP contribution in [0.3, 0.4) is 0 Å². The van der Waals surface area contributed by atoms with Gasteiger partial charge in [0.05, 0.1) is 0 Å². The first-order valence-corrected chi connectivity index (χ1v) is 6.27. The highest BCUT2D eigenvalue weighted by atomic mass is 16.6. The molecule has 1 aromatic heterocycles. The molecule has 0 saturated heterocycles. The summed E-state index contributed by atoms with van der Waals surface area (Å²) in [6.45, 7) is 9.23. The normalized spacial score (nSPS) is 11.3. The van der Waals surface area contributed by atoms with Gasteiger partial charge in [-0.25, -0.2) is 10.2 Å². The Labute approximate surface area is 108 Å². The molecule has 0 radical (unpaired) electrons. The van der Waals surface area contributed by atoms with Gasteiger partial charge in [0.1, 0.15) is 5.60 Å². The zero-order valence-electron chi connectivity index (χ0n) is 11.6. The van der Waals surface area contributed by atoms with Gasteiger partial charge in [-0.1, -0.05) is 6.92 Å². The molecule has 0 aliphatic carbocycles. The second-order valence-corrected chi connectivity index (χ2v) is 5.24. The Bertz CT molecular complexity index is 380. The van der Waals surface area contributed by atoms with Crippen molar-refractivity contribution in [3.63, 3.8) is 0 Å². The number of amides is 1. The third-order valence-electron chi connectivity index (χ3n) is 2.18. The summed E-state index contributed by atoms with van der Waals surface area (Å²) in [5.41, 5.74) is 6.00. The number of hydrogen-bond donors (Lipinski definition) is 2. The molecule has 5 nitrogen and oxygen atoms in total. The second kappa shape index (κ2) is 6.44. The van der Waals surface area contributed by atoms with E-state index in [1.807, 2.05) is 33.0 Å². The van der Waals surface area contributed by atoms with Crippen molar-refractivity contribution in [2.75, 3.05) is 0 Å². The monoisotopic (exact) mass is 253 g/mol. The van der Waals surface area contributed by atoms with Crippen LogP contribution in [0.15, 0.2) is 18.5 Å². The smallest absolute Gasteiger partial charge is 0.422 e. The molecular weight excluding hydrogens is 230 g/mol. The molecule has 1 aromatic rings. The predicted molar refractivity (Wildman–Crippen MR) is 70.9 cm³/mol. The van der Waals surface area contributed by atoms with Crippen molar-refractivity contribution in [3.8, 4) is 0 Å². The summed E-state index contributed by atoms with van der Waals surface area (Å²) < 4.78 is 7.23. The van der Waals surface area contributed by atoms with Gasteiger partial charge in [-0.2, -0.15) is 0 Å². The molecule has 1 rings (SSSR count). The molecule has 0 bridgehead atoms. The number of aromatic nitrogens is 1. The molecule has 0 aliphatic rings. The van der Waals surface area contributed by atoms with E-state index < -0.39 is 11.7 Å². The number of carbonyl (C=O) groups excluding carboxylic acids is 1. The topological polar surface area (TPSA) is 55.3 Å². The van der Waals surface area contributed by atoms with Crippen molar-refractivity contribution >= 4 is 6.09 Å². The SMILES string of the molecule is CCCn1ccc(CNNC(=O)OC(C)(C)C)c1. The maximum absolute atomic E-state index is 11.4. The van der Waals surface area contributed by atoms with Crippen molar-refractivity contribution in [2.24, 2.45) is 0 Å². The lowest BCUT2D eigenvalue weighted by Crippen LogP contribution is -2.40. The van der Waals surface area contributed by atoms with Crippen molar-refractivity contribution < 1.29 is 9.53 Å². The molecular formula is C13H23N3O2. The average Bonchev–Trinajstić information content (AvgIpc) is 2.63. The van der Waals surface area contributed by atoms with Crippen LogP contribution in [0.25, 0.3) is 0 Å². The Morgan fingerprint density at radius 3 is 2.78 bits per heavy atom. The average molecular weight is 253 g/mol. The second-order valence-electron chi connectivity index (χ2n) is 5.24. The van der Waals surface area contributed by atoms with Crippen molar-refractivity contribution in [1.29, 1.82) is 0 Å². The number of ether oxygens (including phenoxy) is 1. The van der Waals surface area contributed by atoms with Gasteiger partial charge in [-0.15, -0.1) is 0 Å². The van der Waals surface area contributed by atoms with Crippen molar-refractivity contribution in [3.05, 3.63) is 24.0 Å². The van der Waals surface area contributed by atoms with E-state index in [4.69, 9.17) is 4.74 Å². The van der Waals surface area contributed by atoms with E-state index in [0.717, 1.165) is 18.5 Å². The van der Waals surface area contributed by atoms with Crippen LogP contribution in [-0.4, -0.2) is 16.3 Å². The van der Waals surface area contributed by atoms with Gasteiger partial charge in [0.2, 0.25) is 0 Å². The van der Waals surface area contributed by atoms with Crippen molar-refractivity contribution in [2.45, 2.75) is 52.8 Å². The molecule has 0 saturated carbocycles. The summed E-state index contributed by atoms with van der Waals surface area (Å²) in [6.07, 6.45) is 4.74. The molecule has 5 heteroatoms. The van der Waals surface area contributed by atoms with Crippen LogP contribution in [0.4, 0.5) is 4.79 Å². The molecule has 102 valence electrons. The lowest BCUT2D eigenvalue weighted by molar-refractivity contribution is 0.0497. The Hall–Kier alpha value is -1.49. The highest BCUT2D eigenvalue weighted by molar-refractivity contribution is 5.66. The van der Waals surface area contributed by atoms with E-state index in [-0.39, 0.29) is 0 Å². The summed E-state index contributed by atoms with van der Waals surface area (Å²) in [7, 11) is 0. The van der Waals surface area contributed by atoms with Crippen LogP contribution in [0, 0.1) is 0 Å². The molecule has 2 N–H and O–H groups in total.